The Kier molecular flexibility index (Phi) is 2.58. The highest BCUT2D eigenvalue weighted by Gasteiger charge is 2.10. The highest BCUT2D eigenvalue weighted by molar-refractivity contribution is 5.39. The van der Waals surface area contributed by atoms with Gasteiger partial charge >= 0.3 is 0 Å². The van der Waals surface area contributed by atoms with Crippen LogP contribution in [0.15, 0.2) is 6.20 Å². The summed E-state index contributed by atoms with van der Waals surface area (Å²) in [4.78, 5) is 3.70. The van der Waals surface area contributed by atoms with Gasteiger partial charge in [0.25, 0.3) is 0 Å². The molecular weight excluding hydrogens is 164 g/mol. The number of rotatable bonds is 2. The van der Waals surface area contributed by atoms with Gasteiger partial charge in [-0.1, -0.05) is 0 Å². The molecule has 0 aromatic carbocycles. The van der Waals surface area contributed by atoms with Gasteiger partial charge < -0.3 is 5.11 Å². The SMILES string of the molecule is Cc1ncc(CF)c(CF)c1O. The molecule has 0 aliphatic heterocycles. The van der Waals surface area contributed by atoms with E-state index >= 15 is 0 Å². The molecule has 0 saturated carbocycles. The van der Waals surface area contributed by atoms with Crippen molar-refractivity contribution in [2.45, 2.75) is 20.3 Å². The minimum atomic E-state index is -0.867. The minimum Gasteiger partial charge on any atom is -0.506 e. The first-order chi connectivity index (χ1) is 5.70. The largest absolute Gasteiger partial charge is 0.506 e. The summed E-state index contributed by atoms with van der Waals surface area (Å²) in [5.74, 6) is -0.243. The van der Waals surface area contributed by atoms with Crippen molar-refractivity contribution in [3.05, 3.63) is 23.0 Å². The van der Waals surface area contributed by atoms with Crippen LogP contribution in [0.4, 0.5) is 8.78 Å². The van der Waals surface area contributed by atoms with Crippen molar-refractivity contribution in [1.82, 2.24) is 4.98 Å². The Bertz CT molecular complexity index is 289. The predicted molar refractivity (Wildman–Crippen MR) is 40.3 cm³/mol. The Labute approximate surface area is 68.9 Å². The molecular formula is C8H9F2NO. The minimum absolute atomic E-state index is 0.00463. The van der Waals surface area contributed by atoms with Crippen molar-refractivity contribution in [3.63, 3.8) is 0 Å². The van der Waals surface area contributed by atoms with Gasteiger partial charge in [0, 0.05) is 17.3 Å². The molecule has 1 N–H and O–H groups in total. The quantitative estimate of drug-likeness (QED) is 0.742. The smallest absolute Gasteiger partial charge is 0.142 e. The maximum Gasteiger partial charge on any atom is 0.142 e. The highest BCUT2D eigenvalue weighted by Crippen LogP contribution is 2.24. The number of hydrogen-bond acceptors (Lipinski definition) is 2. The molecule has 1 aromatic rings. The van der Waals surface area contributed by atoms with Crippen LogP contribution in [-0.2, 0) is 13.3 Å². The van der Waals surface area contributed by atoms with E-state index < -0.39 is 13.3 Å². The molecule has 0 bridgehead atoms. The lowest BCUT2D eigenvalue weighted by Gasteiger charge is -2.06. The Morgan fingerprint density at radius 1 is 1.42 bits per heavy atom. The molecule has 0 unspecified atom stereocenters. The molecule has 0 fully saturated rings. The molecule has 66 valence electrons. The number of alkyl halides is 2. The second kappa shape index (κ2) is 3.47. The zero-order valence-corrected chi connectivity index (χ0v) is 6.64. The second-order valence-corrected chi connectivity index (χ2v) is 2.46. The van der Waals surface area contributed by atoms with Crippen LogP contribution in [0, 0.1) is 6.92 Å². The van der Waals surface area contributed by atoms with E-state index in [9.17, 15) is 13.9 Å². The monoisotopic (exact) mass is 173 g/mol. The average molecular weight is 173 g/mol. The van der Waals surface area contributed by atoms with E-state index in [1.54, 1.807) is 0 Å². The van der Waals surface area contributed by atoms with Crippen LogP contribution in [0.5, 0.6) is 5.75 Å². The van der Waals surface area contributed by atoms with Crippen molar-refractivity contribution in [1.29, 1.82) is 0 Å². The molecule has 2 nitrogen and oxygen atoms in total. The van der Waals surface area contributed by atoms with Crippen LogP contribution in [-0.4, -0.2) is 10.1 Å². The maximum absolute atomic E-state index is 12.3. The summed E-state index contributed by atoms with van der Waals surface area (Å²) >= 11 is 0. The summed E-state index contributed by atoms with van der Waals surface area (Å²) in [6, 6.07) is 0. The van der Waals surface area contributed by atoms with Gasteiger partial charge in [-0.05, 0) is 6.92 Å². The number of nitrogens with zero attached hydrogens (tertiary/aromatic N) is 1. The summed E-state index contributed by atoms with van der Waals surface area (Å²) in [5.41, 5.74) is 0.436. The maximum atomic E-state index is 12.3. The highest BCUT2D eigenvalue weighted by atomic mass is 19.1. The molecule has 0 aliphatic carbocycles. The van der Waals surface area contributed by atoms with Crippen LogP contribution in [0.1, 0.15) is 16.8 Å². The fourth-order valence-corrected chi connectivity index (χ4v) is 0.949. The zero-order valence-electron chi connectivity index (χ0n) is 6.64. The molecule has 1 aromatic heterocycles. The molecule has 0 saturated heterocycles. The standard InChI is InChI=1S/C8H9F2NO/c1-5-8(12)7(3-10)6(2-9)4-11-5/h4,12H,2-3H2,1H3. The van der Waals surface area contributed by atoms with Crippen molar-refractivity contribution in [2.24, 2.45) is 0 Å². The van der Waals surface area contributed by atoms with E-state index in [4.69, 9.17) is 0 Å². The van der Waals surface area contributed by atoms with E-state index in [1.807, 2.05) is 0 Å². The Morgan fingerprint density at radius 3 is 2.58 bits per heavy atom. The van der Waals surface area contributed by atoms with Gasteiger partial charge in [-0.3, -0.25) is 4.98 Å². The lowest BCUT2D eigenvalue weighted by molar-refractivity contribution is 0.412. The summed E-state index contributed by atoms with van der Waals surface area (Å²) in [7, 11) is 0. The molecule has 12 heavy (non-hydrogen) atoms. The lowest BCUT2D eigenvalue weighted by Crippen LogP contribution is -1.94. The molecule has 1 heterocycles. The van der Waals surface area contributed by atoms with Gasteiger partial charge in [-0.25, -0.2) is 8.78 Å². The number of halogens is 2. The van der Waals surface area contributed by atoms with Gasteiger partial charge in [0.2, 0.25) is 0 Å². The van der Waals surface area contributed by atoms with Gasteiger partial charge in [-0.15, -0.1) is 0 Å². The third-order valence-electron chi connectivity index (χ3n) is 1.71. The van der Waals surface area contributed by atoms with E-state index in [0.29, 0.717) is 5.69 Å². The molecule has 1 rings (SSSR count). The van der Waals surface area contributed by atoms with E-state index in [-0.39, 0.29) is 16.9 Å². The molecule has 0 spiro atoms. The van der Waals surface area contributed by atoms with Crippen LogP contribution >= 0.6 is 0 Å². The average Bonchev–Trinajstić information content (AvgIpc) is 2.09. The van der Waals surface area contributed by atoms with Gasteiger partial charge in [-0.2, -0.15) is 0 Å². The summed E-state index contributed by atoms with van der Waals surface area (Å²) < 4.78 is 24.4. The van der Waals surface area contributed by atoms with Gasteiger partial charge in [0.1, 0.15) is 19.1 Å². The van der Waals surface area contributed by atoms with Crippen molar-refractivity contribution in [3.8, 4) is 5.75 Å². The van der Waals surface area contributed by atoms with E-state index in [1.165, 1.54) is 13.1 Å². The first-order valence-electron chi connectivity index (χ1n) is 3.49. The molecule has 0 radical (unpaired) electrons. The topological polar surface area (TPSA) is 33.1 Å². The number of aromatic nitrogens is 1. The number of aryl methyl sites for hydroxylation is 1. The number of aromatic hydroxyl groups is 1. The fraction of sp³-hybridized carbons (Fsp3) is 0.375. The molecule has 0 atom stereocenters. The molecule has 0 aliphatic rings. The first-order valence-corrected chi connectivity index (χ1v) is 3.49. The van der Waals surface area contributed by atoms with Crippen molar-refractivity contribution in [2.75, 3.05) is 0 Å². The molecule has 0 amide bonds. The third-order valence-corrected chi connectivity index (χ3v) is 1.71. The Balaban J connectivity index is 3.25. The van der Waals surface area contributed by atoms with Gasteiger partial charge in [0.15, 0.2) is 0 Å². The molecule has 4 heteroatoms. The van der Waals surface area contributed by atoms with E-state index in [2.05, 4.69) is 4.98 Å². The summed E-state index contributed by atoms with van der Waals surface area (Å²) in [6.45, 7) is -0.134. The van der Waals surface area contributed by atoms with Crippen LogP contribution in [0.25, 0.3) is 0 Å². The normalized spacial score (nSPS) is 10.2. The fourth-order valence-electron chi connectivity index (χ4n) is 0.949. The van der Waals surface area contributed by atoms with Crippen molar-refractivity contribution >= 4 is 0 Å². The van der Waals surface area contributed by atoms with Crippen molar-refractivity contribution < 1.29 is 13.9 Å². The van der Waals surface area contributed by atoms with Crippen LogP contribution < -0.4 is 0 Å². The van der Waals surface area contributed by atoms with Crippen LogP contribution in [0.3, 0.4) is 0 Å². The van der Waals surface area contributed by atoms with Gasteiger partial charge in [0.05, 0.1) is 5.69 Å². The zero-order chi connectivity index (χ0) is 9.14. The third kappa shape index (κ3) is 1.37. The number of hydrogen-bond donors (Lipinski definition) is 1. The Morgan fingerprint density at radius 2 is 2.08 bits per heavy atom. The number of pyridine rings is 1. The van der Waals surface area contributed by atoms with E-state index in [0.717, 1.165) is 0 Å². The Hall–Kier alpha value is -1.19. The first kappa shape index (κ1) is 8.90. The summed E-state index contributed by atoms with van der Waals surface area (Å²) in [5, 5.41) is 9.24. The summed E-state index contributed by atoms with van der Waals surface area (Å²) in [6.07, 6.45) is 1.24. The van der Waals surface area contributed by atoms with Crippen LogP contribution in [0.2, 0.25) is 0 Å². The lowest BCUT2D eigenvalue weighted by atomic mass is 10.1. The second-order valence-electron chi connectivity index (χ2n) is 2.46. The predicted octanol–water partition coefficient (Wildman–Crippen LogP) is 2.03.